The zero-order valence-electron chi connectivity index (χ0n) is 7.91. The van der Waals surface area contributed by atoms with Gasteiger partial charge in [0.15, 0.2) is 0 Å². The van der Waals surface area contributed by atoms with E-state index in [1.54, 1.807) is 0 Å². The van der Waals surface area contributed by atoms with Crippen LogP contribution < -0.4 is 5.73 Å². The van der Waals surface area contributed by atoms with Crippen LogP contribution in [0.2, 0.25) is 0 Å². The van der Waals surface area contributed by atoms with E-state index in [0.29, 0.717) is 5.95 Å². The molecule has 1 heterocycles. The first-order chi connectivity index (χ1) is 6.24. The number of aromatic nitrogens is 2. The molecule has 0 bridgehead atoms. The molecule has 1 aromatic heterocycles. The summed E-state index contributed by atoms with van der Waals surface area (Å²) in [4.78, 5) is 4.26. The van der Waals surface area contributed by atoms with Crippen molar-refractivity contribution in [2.75, 3.05) is 5.73 Å². The molecule has 0 aliphatic rings. The number of hydrogen-bond donors (Lipinski definition) is 1. The van der Waals surface area contributed by atoms with Crippen LogP contribution in [-0.4, -0.2) is 9.55 Å². The molecule has 0 aliphatic heterocycles. The average molecular weight is 175 g/mol. The van der Waals surface area contributed by atoms with Crippen molar-refractivity contribution in [2.24, 2.45) is 7.05 Å². The van der Waals surface area contributed by atoms with Crippen LogP contribution in [0.25, 0.3) is 11.0 Å². The lowest BCUT2D eigenvalue weighted by molar-refractivity contribution is 0.953. The van der Waals surface area contributed by atoms with Crippen molar-refractivity contribution in [3.05, 3.63) is 23.8 Å². The van der Waals surface area contributed by atoms with Crippen LogP contribution in [0.3, 0.4) is 0 Å². The number of aryl methyl sites for hydroxylation is 2. The number of anilines is 1. The van der Waals surface area contributed by atoms with Crippen molar-refractivity contribution in [1.29, 1.82) is 0 Å². The van der Waals surface area contributed by atoms with Gasteiger partial charge in [0.25, 0.3) is 0 Å². The maximum absolute atomic E-state index is 5.73. The molecular weight excluding hydrogens is 162 g/mol. The zero-order chi connectivity index (χ0) is 9.42. The molecule has 0 unspecified atom stereocenters. The van der Waals surface area contributed by atoms with Gasteiger partial charge in [0.2, 0.25) is 5.95 Å². The van der Waals surface area contributed by atoms with Gasteiger partial charge in [-0.25, -0.2) is 4.98 Å². The zero-order valence-corrected chi connectivity index (χ0v) is 7.91. The third kappa shape index (κ3) is 1.08. The van der Waals surface area contributed by atoms with Gasteiger partial charge in [-0.2, -0.15) is 0 Å². The second-order valence-electron chi connectivity index (χ2n) is 3.17. The predicted molar refractivity (Wildman–Crippen MR) is 54.5 cm³/mol. The minimum atomic E-state index is 0.580. The van der Waals surface area contributed by atoms with Crippen LogP contribution in [0.4, 0.5) is 5.95 Å². The van der Waals surface area contributed by atoms with Crippen molar-refractivity contribution in [1.82, 2.24) is 9.55 Å². The molecule has 3 heteroatoms. The Balaban J connectivity index is 2.87. The van der Waals surface area contributed by atoms with Crippen molar-refractivity contribution >= 4 is 17.0 Å². The van der Waals surface area contributed by atoms with E-state index in [0.717, 1.165) is 17.5 Å². The summed E-state index contributed by atoms with van der Waals surface area (Å²) < 4.78 is 1.94. The van der Waals surface area contributed by atoms with Crippen LogP contribution in [0.5, 0.6) is 0 Å². The monoisotopic (exact) mass is 175 g/mol. The van der Waals surface area contributed by atoms with Gasteiger partial charge >= 0.3 is 0 Å². The number of fused-ring (bicyclic) bond motifs is 1. The highest BCUT2D eigenvalue weighted by atomic mass is 15.1. The Morgan fingerprint density at radius 2 is 2.23 bits per heavy atom. The van der Waals surface area contributed by atoms with E-state index in [-0.39, 0.29) is 0 Å². The Kier molecular flexibility index (Phi) is 1.72. The van der Waals surface area contributed by atoms with Crippen LogP contribution in [0.15, 0.2) is 18.2 Å². The maximum Gasteiger partial charge on any atom is 0.200 e. The van der Waals surface area contributed by atoms with Crippen molar-refractivity contribution in [2.45, 2.75) is 13.3 Å². The number of para-hydroxylation sites is 1. The number of nitrogens with two attached hydrogens (primary N) is 1. The first-order valence-electron chi connectivity index (χ1n) is 4.43. The number of imidazole rings is 1. The molecule has 2 aromatic rings. The molecule has 3 nitrogen and oxygen atoms in total. The van der Waals surface area contributed by atoms with Gasteiger partial charge < -0.3 is 10.3 Å². The van der Waals surface area contributed by atoms with Gasteiger partial charge in [0.1, 0.15) is 0 Å². The lowest BCUT2D eigenvalue weighted by Crippen LogP contribution is -1.97. The van der Waals surface area contributed by atoms with E-state index in [1.807, 2.05) is 23.7 Å². The molecule has 13 heavy (non-hydrogen) atoms. The fraction of sp³-hybridized carbons (Fsp3) is 0.300. The highest BCUT2D eigenvalue weighted by molar-refractivity contribution is 5.81. The maximum atomic E-state index is 5.73. The lowest BCUT2D eigenvalue weighted by Gasteiger charge is -2.01. The summed E-state index contributed by atoms with van der Waals surface area (Å²) in [7, 11) is 1.95. The number of rotatable bonds is 1. The standard InChI is InChI=1S/C10H13N3/c1-3-7-5-4-6-8-9(7)13(2)10(11)12-8/h4-6H,3H2,1-2H3,(H2,11,12). The Bertz CT molecular complexity index is 443. The van der Waals surface area contributed by atoms with Crippen molar-refractivity contribution < 1.29 is 0 Å². The van der Waals surface area contributed by atoms with Gasteiger partial charge in [0, 0.05) is 7.05 Å². The van der Waals surface area contributed by atoms with Gasteiger partial charge in [-0.05, 0) is 18.1 Å². The SMILES string of the molecule is CCc1cccc2nc(N)n(C)c12. The van der Waals surface area contributed by atoms with Gasteiger partial charge in [0.05, 0.1) is 11.0 Å². The molecule has 2 N–H and O–H groups in total. The Hall–Kier alpha value is -1.51. The molecule has 1 aromatic carbocycles. The third-order valence-electron chi connectivity index (χ3n) is 2.39. The molecule has 2 rings (SSSR count). The van der Waals surface area contributed by atoms with Crippen LogP contribution >= 0.6 is 0 Å². The Morgan fingerprint density at radius 1 is 1.46 bits per heavy atom. The fourth-order valence-electron chi connectivity index (χ4n) is 1.65. The molecule has 0 fully saturated rings. The van der Waals surface area contributed by atoms with E-state index in [9.17, 15) is 0 Å². The van der Waals surface area contributed by atoms with E-state index in [2.05, 4.69) is 18.0 Å². The normalized spacial score (nSPS) is 10.9. The van der Waals surface area contributed by atoms with Crippen molar-refractivity contribution in [3.8, 4) is 0 Å². The lowest BCUT2D eigenvalue weighted by atomic mass is 10.1. The van der Waals surface area contributed by atoms with E-state index < -0.39 is 0 Å². The summed E-state index contributed by atoms with van der Waals surface area (Å²) in [5, 5.41) is 0. The van der Waals surface area contributed by atoms with Gasteiger partial charge in [-0.3, -0.25) is 0 Å². The number of nitrogens with zero attached hydrogens (tertiary/aromatic N) is 2. The number of benzene rings is 1. The van der Waals surface area contributed by atoms with Gasteiger partial charge in [-0.15, -0.1) is 0 Å². The molecule has 0 atom stereocenters. The molecule has 68 valence electrons. The van der Waals surface area contributed by atoms with Crippen LogP contribution in [0, 0.1) is 0 Å². The summed E-state index contributed by atoms with van der Waals surface area (Å²) in [5.74, 6) is 0.580. The number of nitrogen functional groups attached to an aromatic ring is 1. The minimum Gasteiger partial charge on any atom is -0.369 e. The summed E-state index contributed by atoms with van der Waals surface area (Å²) in [6.07, 6.45) is 1.01. The van der Waals surface area contributed by atoms with E-state index >= 15 is 0 Å². The highest BCUT2D eigenvalue weighted by Crippen LogP contribution is 2.20. The first kappa shape index (κ1) is 8.10. The number of hydrogen-bond acceptors (Lipinski definition) is 2. The summed E-state index contributed by atoms with van der Waals surface area (Å²) in [6.45, 7) is 2.14. The fourth-order valence-corrected chi connectivity index (χ4v) is 1.65. The molecular formula is C10H13N3. The third-order valence-corrected chi connectivity index (χ3v) is 2.39. The molecule has 0 saturated carbocycles. The van der Waals surface area contributed by atoms with Crippen molar-refractivity contribution in [3.63, 3.8) is 0 Å². The smallest absolute Gasteiger partial charge is 0.200 e. The molecule has 0 radical (unpaired) electrons. The van der Waals surface area contributed by atoms with Gasteiger partial charge in [-0.1, -0.05) is 19.1 Å². The summed E-state index contributed by atoms with van der Waals surface area (Å²) in [5.41, 5.74) is 9.16. The summed E-state index contributed by atoms with van der Waals surface area (Å²) >= 11 is 0. The van der Waals surface area contributed by atoms with E-state index in [1.165, 1.54) is 5.56 Å². The Morgan fingerprint density at radius 3 is 2.92 bits per heavy atom. The average Bonchev–Trinajstić information content (AvgIpc) is 2.43. The largest absolute Gasteiger partial charge is 0.369 e. The molecule has 0 amide bonds. The summed E-state index contributed by atoms with van der Waals surface area (Å²) in [6, 6.07) is 6.13. The minimum absolute atomic E-state index is 0.580. The second-order valence-corrected chi connectivity index (χ2v) is 3.17. The van der Waals surface area contributed by atoms with Crippen LogP contribution in [-0.2, 0) is 13.5 Å². The topological polar surface area (TPSA) is 43.8 Å². The highest BCUT2D eigenvalue weighted by Gasteiger charge is 2.06. The van der Waals surface area contributed by atoms with Crippen LogP contribution in [0.1, 0.15) is 12.5 Å². The Labute approximate surface area is 77.2 Å². The molecule has 0 aliphatic carbocycles. The quantitative estimate of drug-likeness (QED) is 0.717. The van der Waals surface area contributed by atoms with E-state index in [4.69, 9.17) is 5.73 Å². The first-order valence-corrected chi connectivity index (χ1v) is 4.43. The molecule has 0 saturated heterocycles. The second kappa shape index (κ2) is 2.76. The molecule has 0 spiro atoms. The predicted octanol–water partition coefficient (Wildman–Crippen LogP) is 1.72.